The highest BCUT2D eigenvalue weighted by Crippen LogP contribution is 2.20. The van der Waals surface area contributed by atoms with E-state index in [1.807, 2.05) is 0 Å². The summed E-state index contributed by atoms with van der Waals surface area (Å²) < 4.78 is 13.6. The fourth-order valence-electron chi connectivity index (χ4n) is 1.70. The van der Waals surface area contributed by atoms with Crippen molar-refractivity contribution in [2.45, 2.75) is 32.7 Å². The van der Waals surface area contributed by atoms with E-state index < -0.39 is 5.82 Å². The second kappa shape index (κ2) is 8.00. The third-order valence-corrected chi connectivity index (χ3v) is 3.21. The van der Waals surface area contributed by atoms with Gasteiger partial charge in [-0.15, -0.1) is 0 Å². The molecule has 1 N–H and O–H groups in total. The summed E-state index contributed by atoms with van der Waals surface area (Å²) in [5, 5.41) is 3.14. The summed E-state index contributed by atoms with van der Waals surface area (Å²) in [6, 6.07) is 4.29. The first-order chi connectivity index (χ1) is 9.06. The molecule has 19 heavy (non-hydrogen) atoms. The molecule has 106 valence electrons. The van der Waals surface area contributed by atoms with Gasteiger partial charge in [0.1, 0.15) is 5.82 Å². The van der Waals surface area contributed by atoms with Gasteiger partial charge in [-0.05, 0) is 18.6 Å². The molecule has 0 spiro atoms. The van der Waals surface area contributed by atoms with Crippen molar-refractivity contribution >= 4 is 17.6 Å². The van der Waals surface area contributed by atoms with Gasteiger partial charge in [0.2, 0.25) is 0 Å². The molecule has 0 heterocycles. The number of nitrogens with zero attached hydrogens (tertiary/aromatic N) is 1. The molecule has 0 aliphatic heterocycles. The molecule has 1 aromatic carbocycles. The van der Waals surface area contributed by atoms with Crippen molar-refractivity contribution in [3.63, 3.8) is 0 Å². The van der Waals surface area contributed by atoms with Gasteiger partial charge >= 0.3 is 6.03 Å². The van der Waals surface area contributed by atoms with Crippen LogP contribution in [-0.2, 0) is 6.54 Å². The second-order valence-electron chi connectivity index (χ2n) is 4.50. The molecule has 1 rings (SSSR count). The van der Waals surface area contributed by atoms with Crippen LogP contribution in [0.15, 0.2) is 18.2 Å². The fraction of sp³-hybridized carbons (Fsp3) is 0.500. The van der Waals surface area contributed by atoms with E-state index in [9.17, 15) is 9.18 Å². The second-order valence-corrected chi connectivity index (χ2v) is 4.90. The lowest BCUT2D eigenvalue weighted by molar-refractivity contribution is 0.206. The van der Waals surface area contributed by atoms with Crippen LogP contribution < -0.4 is 5.32 Å². The van der Waals surface area contributed by atoms with Gasteiger partial charge in [-0.25, -0.2) is 9.18 Å². The highest BCUT2D eigenvalue weighted by Gasteiger charge is 2.13. The Bertz CT molecular complexity index is 406. The predicted octanol–water partition coefficient (Wildman–Crippen LogP) is 3.81. The third kappa shape index (κ3) is 5.07. The number of carbonyl (C=O) groups excluding carboxylic acids is 1. The number of hydrogen-bond acceptors (Lipinski definition) is 1. The maximum absolute atomic E-state index is 13.6. The Labute approximate surface area is 118 Å². The van der Waals surface area contributed by atoms with Gasteiger partial charge in [0.05, 0.1) is 6.54 Å². The first kappa shape index (κ1) is 15.8. The van der Waals surface area contributed by atoms with Gasteiger partial charge in [0, 0.05) is 24.2 Å². The van der Waals surface area contributed by atoms with Crippen molar-refractivity contribution in [2.75, 3.05) is 13.6 Å². The molecular weight excluding hydrogens is 267 g/mol. The molecule has 0 atom stereocenters. The van der Waals surface area contributed by atoms with Crippen molar-refractivity contribution < 1.29 is 9.18 Å². The fourth-order valence-corrected chi connectivity index (χ4v) is 1.92. The minimum absolute atomic E-state index is 0.158. The number of unbranched alkanes of at least 4 members (excludes halogenated alkanes) is 2. The number of hydrogen-bond donors (Lipinski definition) is 1. The van der Waals surface area contributed by atoms with Crippen LogP contribution in [0.4, 0.5) is 9.18 Å². The van der Waals surface area contributed by atoms with E-state index in [1.54, 1.807) is 19.2 Å². The van der Waals surface area contributed by atoms with Crippen molar-refractivity contribution in [1.82, 2.24) is 10.2 Å². The summed E-state index contributed by atoms with van der Waals surface area (Å²) in [6.45, 7) is 2.90. The molecular formula is C14H20ClFN2O. The topological polar surface area (TPSA) is 32.3 Å². The minimum Gasteiger partial charge on any atom is -0.338 e. The molecule has 1 aromatic rings. The molecule has 0 aliphatic rings. The average Bonchev–Trinajstić information content (AvgIpc) is 2.38. The van der Waals surface area contributed by atoms with Crippen LogP contribution in [-0.4, -0.2) is 24.5 Å². The van der Waals surface area contributed by atoms with Gasteiger partial charge in [-0.1, -0.05) is 37.4 Å². The van der Waals surface area contributed by atoms with Crippen LogP contribution in [0.2, 0.25) is 5.02 Å². The van der Waals surface area contributed by atoms with Crippen molar-refractivity contribution in [3.05, 3.63) is 34.6 Å². The van der Waals surface area contributed by atoms with E-state index in [4.69, 9.17) is 11.6 Å². The van der Waals surface area contributed by atoms with Crippen LogP contribution in [0.25, 0.3) is 0 Å². The molecule has 0 saturated carbocycles. The normalized spacial score (nSPS) is 10.3. The standard InChI is InChI=1S/C14H20ClFN2O/c1-3-4-5-9-17-14(19)18(2)10-11-12(15)7-6-8-13(11)16/h6-8H,3-5,9-10H2,1-2H3,(H,17,19). The van der Waals surface area contributed by atoms with E-state index in [-0.39, 0.29) is 12.6 Å². The molecule has 3 nitrogen and oxygen atoms in total. The van der Waals surface area contributed by atoms with Gasteiger partial charge in [0.25, 0.3) is 0 Å². The van der Waals surface area contributed by atoms with E-state index in [0.717, 1.165) is 19.3 Å². The van der Waals surface area contributed by atoms with Crippen molar-refractivity contribution in [3.8, 4) is 0 Å². The largest absolute Gasteiger partial charge is 0.338 e. The van der Waals surface area contributed by atoms with Gasteiger partial charge < -0.3 is 10.2 Å². The molecule has 0 unspecified atom stereocenters. The van der Waals surface area contributed by atoms with E-state index in [0.29, 0.717) is 17.1 Å². The number of carbonyl (C=O) groups is 1. The maximum Gasteiger partial charge on any atom is 0.317 e. The van der Waals surface area contributed by atoms with Gasteiger partial charge in [-0.3, -0.25) is 0 Å². The zero-order valence-electron chi connectivity index (χ0n) is 11.4. The Morgan fingerprint density at radius 1 is 1.42 bits per heavy atom. The van der Waals surface area contributed by atoms with E-state index in [1.165, 1.54) is 11.0 Å². The third-order valence-electron chi connectivity index (χ3n) is 2.86. The summed E-state index contributed by atoms with van der Waals surface area (Å²) in [4.78, 5) is 13.2. The average molecular weight is 287 g/mol. The summed E-state index contributed by atoms with van der Waals surface area (Å²) in [5.41, 5.74) is 0.343. The number of nitrogens with one attached hydrogen (secondary N) is 1. The molecule has 0 radical (unpaired) electrons. The Kier molecular flexibility index (Phi) is 6.64. The minimum atomic E-state index is -0.391. The van der Waals surface area contributed by atoms with Crippen molar-refractivity contribution in [1.29, 1.82) is 0 Å². The van der Waals surface area contributed by atoms with E-state index in [2.05, 4.69) is 12.2 Å². The lowest BCUT2D eigenvalue weighted by atomic mass is 10.2. The van der Waals surface area contributed by atoms with Crippen LogP contribution in [0, 0.1) is 5.82 Å². The summed E-state index contributed by atoms with van der Waals surface area (Å²) in [7, 11) is 1.62. The number of halogens is 2. The summed E-state index contributed by atoms with van der Waals surface area (Å²) >= 11 is 5.93. The van der Waals surface area contributed by atoms with Crippen LogP contribution >= 0.6 is 11.6 Å². The van der Waals surface area contributed by atoms with Crippen LogP contribution in [0.3, 0.4) is 0 Å². The molecule has 0 aliphatic carbocycles. The Morgan fingerprint density at radius 3 is 2.79 bits per heavy atom. The van der Waals surface area contributed by atoms with Crippen molar-refractivity contribution in [2.24, 2.45) is 0 Å². The zero-order chi connectivity index (χ0) is 14.3. The molecule has 0 aromatic heterocycles. The Hall–Kier alpha value is -1.29. The summed E-state index contributed by atoms with van der Waals surface area (Å²) in [6.07, 6.45) is 3.15. The predicted molar refractivity (Wildman–Crippen MR) is 75.8 cm³/mol. The maximum atomic E-state index is 13.6. The Morgan fingerprint density at radius 2 is 2.16 bits per heavy atom. The molecule has 5 heteroatoms. The lowest BCUT2D eigenvalue weighted by Gasteiger charge is -2.19. The van der Waals surface area contributed by atoms with Gasteiger partial charge in [0.15, 0.2) is 0 Å². The highest BCUT2D eigenvalue weighted by atomic mass is 35.5. The van der Waals surface area contributed by atoms with Crippen LogP contribution in [0.1, 0.15) is 31.7 Å². The smallest absolute Gasteiger partial charge is 0.317 e. The number of urea groups is 1. The van der Waals surface area contributed by atoms with Gasteiger partial charge in [-0.2, -0.15) is 0 Å². The lowest BCUT2D eigenvalue weighted by Crippen LogP contribution is -2.37. The van der Waals surface area contributed by atoms with Crippen LogP contribution in [0.5, 0.6) is 0 Å². The number of amides is 2. The zero-order valence-corrected chi connectivity index (χ0v) is 12.1. The quantitative estimate of drug-likeness (QED) is 0.793. The first-order valence-electron chi connectivity index (χ1n) is 6.48. The number of rotatable bonds is 6. The Balaban J connectivity index is 2.50. The SMILES string of the molecule is CCCCCNC(=O)N(C)Cc1c(F)cccc1Cl. The van der Waals surface area contributed by atoms with E-state index >= 15 is 0 Å². The number of benzene rings is 1. The highest BCUT2D eigenvalue weighted by molar-refractivity contribution is 6.31. The molecule has 0 saturated heterocycles. The summed E-state index contributed by atoms with van der Waals surface area (Å²) in [5.74, 6) is -0.391. The first-order valence-corrected chi connectivity index (χ1v) is 6.86. The molecule has 2 amide bonds. The molecule has 0 fully saturated rings. The monoisotopic (exact) mass is 286 g/mol. The molecule has 0 bridgehead atoms.